The van der Waals surface area contributed by atoms with Gasteiger partial charge in [-0.25, -0.2) is 36.2 Å². The minimum atomic E-state index is -3.49. The summed E-state index contributed by atoms with van der Waals surface area (Å²) in [5, 5.41) is 5.37. The summed E-state index contributed by atoms with van der Waals surface area (Å²) in [4.78, 5) is 8.14. The van der Waals surface area contributed by atoms with E-state index in [2.05, 4.69) is 19.4 Å². The van der Waals surface area contributed by atoms with Gasteiger partial charge in [-0.2, -0.15) is 0 Å². The third kappa shape index (κ3) is 8.33. The second-order valence-corrected chi connectivity index (χ2v) is 10.9. The van der Waals surface area contributed by atoms with Crippen LogP contribution in [0.2, 0.25) is 0 Å². The van der Waals surface area contributed by atoms with Gasteiger partial charge in [-0.1, -0.05) is 0 Å². The molecule has 0 fully saturated rings. The number of hydrogen-bond acceptors (Lipinski definition) is 8. The molecular formula is C13H20N4O4S4. The molecule has 0 aliphatic carbocycles. The van der Waals surface area contributed by atoms with Gasteiger partial charge in [0.15, 0.2) is 0 Å². The van der Waals surface area contributed by atoms with Gasteiger partial charge in [0, 0.05) is 49.1 Å². The summed E-state index contributed by atoms with van der Waals surface area (Å²) in [7, 11) is -6.97. The lowest BCUT2D eigenvalue weighted by Crippen LogP contribution is -2.32. The predicted molar refractivity (Wildman–Crippen MR) is 99.8 cm³/mol. The zero-order valence-electron chi connectivity index (χ0n) is 13.4. The van der Waals surface area contributed by atoms with E-state index in [1.165, 1.54) is 22.7 Å². The SMILES string of the molecule is O=S(=O)(CCCS(=O)(=O)NCCc1nccs1)NCCc1nccs1. The molecule has 2 aromatic heterocycles. The first-order valence-electron chi connectivity index (χ1n) is 7.58. The summed E-state index contributed by atoms with van der Waals surface area (Å²) in [5.74, 6) is -0.448. The van der Waals surface area contributed by atoms with Crippen LogP contribution < -0.4 is 9.44 Å². The molecule has 2 aromatic rings. The normalized spacial score (nSPS) is 12.5. The van der Waals surface area contributed by atoms with E-state index in [-0.39, 0.29) is 31.0 Å². The maximum Gasteiger partial charge on any atom is 0.211 e. The molecule has 0 bridgehead atoms. The second kappa shape index (κ2) is 9.69. The lowest BCUT2D eigenvalue weighted by Gasteiger charge is -2.07. The van der Waals surface area contributed by atoms with Gasteiger partial charge < -0.3 is 0 Å². The molecule has 0 saturated heterocycles. The number of nitrogens with zero attached hydrogens (tertiary/aromatic N) is 2. The van der Waals surface area contributed by atoms with Gasteiger partial charge in [0.25, 0.3) is 0 Å². The van der Waals surface area contributed by atoms with Crippen LogP contribution in [0, 0.1) is 0 Å². The molecule has 0 unspecified atom stereocenters. The number of hydrogen-bond donors (Lipinski definition) is 2. The van der Waals surface area contributed by atoms with E-state index in [0.29, 0.717) is 12.8 Å². The molecule has 0 radical (unpaired) electrons. The number of rotatable bonds is 12. The van der Waals surface area contributed by atoms with Gasteiger partial charge in [0.05, 0.1) is 21.5 Å². The van der Waals surface area contributed by atoms with E-state index in [1.807, 2.05) is 10.8 Å². The molecule has 0 aliphatic heterocycles. The highest BCUT2D eigenvalue weighted by Crippen LogP contribution is 2.05. The Morgan fingerprint density at radius 3 is 1.60 bits per heavy atom. The molecule has 140 valence electrons. The molecule has 0 atom stereocenters. The van der Waals surface area contributed by atoms with Crippen LogP contribution in [0.4, 0.5) is 0 Å². The topological polar surface area (TPSA) is 118 Å². The van der Waals surface area contributed by atoms with Crippen LogP contribution >= 0.6 is 22.7 Å². The molecular weight excluding hydrogens is 404 g/mol. The van der Waals surface area contributed by atoms with E-state index in [1.54, 1.807) is 12.4 Å². The fraction of sp³-hybridized carbons (Fsp3) is 0.538. The van der Waals surface area contributed by atoms with Crippen molar-refractivity contribution >= 4 is 42.7 Å². The average molecular weight is 425 g/mol. The Labute approximate surface area is 155 Å². The van der Waals surface area contributed by atoms with Gasteiger partial charge in [0.2, 0.25) is 20.0 Å². The third-order valence-electron chi connectivity index (χ3n) is 3.11. The summed E-state index contributed by atoms with van der Waals surface area (Å²) in [5.41, 5.74) is 0. The highest BCUT2D eigenvalue weighted by molar-refractivity contribution is 7.90. The quantitative estimate of drug-likeness (QED) is 0.515. The minimum absolute atomic E-state index is 0.0408. The van der Waals surface area contributed by atoms with Crippen LogP contribution in [-0.4, -0.2) is 51.4 Å². The van der Waals surface area contributed by atoms with Crippen LogP contribution in [0.1, 0.15) is 16.4 Å². The van der Waals surface area contributed by atoms with E-state index in [0.717, 1.165) is 10.0 Å². The van der Waals surface area contributed by atoms with E-state index >= 15 is 0 Å². The summed E-state index contributed by atoms with van der Waals surface area (Å²) >= 11 is 2.93. The highest BCUT2D eigenvalue weighted by Gasteiger charge is 2.15. The lowest BCUT2D eigenvalue weighted by molar-refractivity contribution is 0.575. The molecule has 8 nitrogen and oxygen atoms in total. The van der Waals surface area contributed by atoms with Crippen molar-refractivity contribution in [2.45, 2.75) is 19.3 Å². The van der Waals surface area contributed by atoms with Gasteiger partial charge in [0.1, 0.15) is 0 Å². The van der Waals surface area contributed by atoms with Crippen LogP contribution in [0.25, 0.3) is 0 Å². The summed E-state index contributed by atoms with van der Waals surface area (Å²) < 4.78 is 52.4. The number of thiazole rings is 2. The Kier molecular flexibility index (Phi) is 7.90. The number of nitrogens with one attached hydrogen (secondary N) is 2. The maximum atomic E-state index is 11.9. The predicted octanol–water partition coefficient (Wildman–Crippen LogP) is 0.614. The van der Waals surface area contributed by atoms with Crippen LogP contribution in [0.3, 0.4) is 0 Å². The van der Waals surface area contributed by atoms with Crippen molar-refractivity contribution < 1.29 is 16.8 Å². The van der Waals surface area contributed by atoms with Crippen molar-refractivity contribution in [1.82, 2.24) is 19.4 Å². The van der Waals surface area contributed by atoms with Crippen molar-refractivity contribution in [3.63, 3.8) is 0 Å². The van der Waals surface area contributed by atoms with Gasteiger partial charge in [-0.3, -0.25) is 0 Å². The summed E-state index contributed by atoms with van der Waals surface area (Å²) in [6, 6.07) is 0. The van der Waals surface area contributed by atoms with Gasteiger partial charge in [-0.05, 0) is 6.42 Å². The monoisotopic (exact) mass is 424 g/mol. The van der Waals surface area contributed by atoms with E-state index in [4.69, 9.17) is 0 Å². The first kappa shape index (κ1) is 20.4. The van der Waals surface area contributed by atoms with E-state index in [9.17, 15) is 16.8 Å². The summed E-state index contributed by atoms with van der Waals surface area (Å²) in [6.45, 7) is 0.517. The Morgan fingerprint density at radius 1 is 0.800 bits per heavy atom. The highest BCUT2D eigenvalue weighted by atomic mass is 32.2. The Morgan fingerprint density at radius 2 is 1.24 bits per heavy atom. The van der Waals surface area contributed by atoms with Crippen molar-refractivity contribution in [3.8, 4) is 0 Å². The third-order valence-corrected chi connectivity index (χ3v) is 7.73. The molecule has 2 N–H and O–H groups in total. The standard InChI is InChI=1S/C13H20N4O4S4/c18-24(19,16-4-2-12-14-6-8-22-12)10-1-11-25(20,21)17-5-3-13-15-7-9-23-13/h6-9,16-17H,1-5,10-11H2. The molecule has 0 saturated carbocycles. The number of aromatic nitrogens is 2. The zero-order chi connectivity index (χ0) is 18.2. The largest absolute Gasteiger partial charge is 0.250 e. The van der Waals surface area contributed by atoms with Crippen LogP contribution in [0.15, 0.2) is 23.2 Å². The molecule has 2 rings (SSSR count). The maximum absolute atomic E-state index is 11.9. The zero-order valence-corrected chi connectivity index (χ0v) is 16.7. The van der Waals surface area contributed by atoms with Crippen molar-refractivity contribution in [1.29, 1.82) is 0 Å². The van der Waals surface area contributed by atoms with Gasteiger partial charge in [-0.15, -0.1) is 22.7 Å². The minimum Gasteiger partial charge on any atom is -0.250 e. The van der Waals surface area contributed by atoms with Crippen molar-refractivity contribution in [3.05, 3.63) is 33.2 Å². The Bertz CT molecular complexity index is 747. The molecule has 0 spiro atoms. The van der Waals surface area contributed by atoms with Crippen LogP contribution in [0.5, 0.6) is 0 Å². The lowest BCUT2D eigenvalue weighted by atomic mass is 10.5. The van der Waals surface area contributed by atoms with Gasteiger partial charge >= 0.3 is 0 Å². The molecule has 12 heteroatoms. The first-order chi connectivity index (χ1) is 11.9. The molecule has 2 heterocycles. The smallest absolute Gasteiger partial charge is 0.211 e. The Hall–Kier alpha value is -0.920. The fourth-order valence-corrected chi connectivity index (χ4v) is 5.55. The fourth-order valence-electron chi connectivity index (χ4n) is 1.96. The molecule has 0 aromatic carbocycles. The van der Waals surface area contributed by atoms with Crippen molar-refractivity contribution in [2.24, 2.45) is 0 Å². The Balaban J connectivity index is 1.63. The van der Waals surface area contributed by atoms with E-state index < -0.39 is 20.0 Å². The summed E-state index contributed by atoms with van der Waals surface area (Å²) in [6.07, 6.45) is 4.42. The second-order valence-electron chi connectivity index (χ2n) is 5.13. The van der Waals surface area contributed by atoms with Crippen LogP contribution in [-0.2, 0) is 32.9 Å². The average Bonchev–Trinajstić information content (AvgIpc) is 3.20. The first-order valence-corrected chi connectivity index (χ1v) is 12.6. The number of sulfonamides is 2. The van der Waals surface area contributed by atoms with Crippen molar-refractivity contribution in [2.75, 3.05) is 24.6 Å². The molecule has 0 amide bonds. The molecule has 0 aliphatic rings. The molecule has 25 heavy (non-hydrogen) atoms.